The van der Waals surface area contributed by atoms with E-state index < -0.39 is 5.91 Å². The van der Waals surface area contributed by atoms with Gasteiger partial charge in [-0.05, 0) is 24.3 Å². The highest BCUT2D eigenvalue weighted by atomic mass is 19.1. The van der Waals surface area contributed by atoms with E-state index in [-0.39, 0.29) is 12.4 Å². The Morgan fingerprint density at radius 1 is 1.28 bits per heavy atom. The van der Waals surface area contributed by atoms with Crippen molar-refractivity contribution in [3.05, 3.63) is 48.4 Å². The number of carbonyl (C=O) groups is 1. The van der Waals surface area contributed by atoms with E-state index in [9.17, 15) is 9.18 Å². The van der Waals surface area contributed by atoms with Crippen molar-refractivity contribution in [3.8, 4) is 17.0 Å². The molecule has 0 spiro atoms. The van der Waals surface area contributed by atoms with Crippen molar-refractivity contribution in [2.45, 2.75) is 0 Å². The molecule has 0 bridgehead atoms. The number of nitrogens with two attached hydrogens (primary N) is 1. The summed E-state index contributed by atoms with van der Waals surface area (Å²) >= 11 is 0. The number of primary amides is 1. The van der Waals surface area contributed by atoms with Crippen molar-refractivity contribution in [1.82, 2.24) is 4.98 Å². The second-order valence-corrected chi connectivity index (χ2v) is 3.61. The molecule has 5 heteroatoms. The molecule has 0 saturated carbocycles. The number of aromatic nitrogens is 1. The fourth-order valence-corrected chi connectivity index (χ4v) is 1.45. The Balaban J connectivity index is 2.17. The highest BCUT2D eigenvalue weighted by Gasteiger charge is 2.05. The molecule has 0 aliphatic carbocycles. The summed E-state index contributed by atoms with van der Waals surface area (Å²) in [6.45, 7) is -0.208. The molecule has 18 heavy (non-hydrogen) atoms. The quantitative estimate of drug-likeness (QED) is 0.893. The van der Waals surface area contributed by atoms with Gasteiger partial charge in [0.05, 0.1) is 11.9 Å². The second-order valence-electron chi connectivity index (χ2n) is 3.61. The lowest BCUT2D eigenvalue weighted by Crippen LogP contribution is -2.20. The summed E-state index contributed by atoms with van der Waals surface area (Å²) in [4.78, 5) is 14.6. The molecule has 0 radical (unpaired) electrons. The van der Waals surface area contributed by atoms with E-state index in [2.05, 4.69) is 4.98 Å². The first-order valence-corrected chi connectivity index (χ1v) is 5.29. The van der Waals surface area contributed by atoms with Gasteiger partial charge in [0.2, 0.25) is 0 Å². The maximum atomic E-state index is 13.5. The van der Waals surface area contributed by atoms with Gasteiger partial charge >= 0.3 is 0 Å². The molecule has 2 rings (SSSR count). The highest BCUT2D eigenvalue weighted by Crippen LogP contribution is 2.21. The van der Waals surface area contributed by atoms with Crippen LogP contribution in [0, 0.1) is 5.82 Å². The average Bonchev–Trinajstić information content (AvgIpc) is 2.38. The third-order valence-corrected chi connectivity index (χ3v) is 2.27. The molecule has 0 unspecified atom stereocenters. The number of benzene rings is 1. The molecular formula is C13H11FN2O2. The van der Waals surface area contributed by atoms with Crippen LogP contribution in [0.2, 0.25) is 0 Å². The zero-order valence-electron chi connectivity index (χ0n) is 9.47. The summed E-state index contributed by atoms with van der Waals surface area (Å²) in [5.41, 5.74) is 5.86. The number of carbonyl (C=O) groups excluding carboxylic acids is 1. The maximum absolute atomic E-state index is 13.5. The van der Waals surface area contributed by atoms with E-state index in [4.69, 9.17) is 10.5 Å². The molecule has 1 heterocycles. The molecule has 0 atom stereocenters. The van der Waals surface area contributed by atoms with Crippen LogP contribution in [0.5, 0.6) is 5.75 Å². The number of nitrogens with zero attached hydrogens (tertiary/aromatic N) is 1. The Bertz CT molecular complexity index is 555. The summed E-state index contributed by atoms with van der Waals surface area (Å²) in [6, 6.07) is 9.59. The van der Waals surface area contributed by atoms with Crippen LogP contribution < -0.4 is 10.5 Å². The maximum Gasteiger partial charge on any atom is 0.255 e. The smallest absolute Gasteiger partial charge is 0.255 e. The van der Waals surface area contributed by atoms with Crippen LogP contribution in [0.4, 0.5) is 4.39 Å². The molecule has 1 amide bonds. The number of halogens is 1. The minimum Gasteiger partial charge on any atom is -0.482 e. The summed E-state index contributed by atoms with van der Waals surface area (Å²) in [6.07, 6.45) is 1.42. The van der Waals surface area contributed by atoms with Gasteiger partial charge in [0, 0.05) is 5.56 Å². The van der Waals surface area contributed by atoms with E-state index in [0.717, 1.165) is 0 Å². The minimum atomic E-state index is -0.562. The molecule has 0 saturated heterocycles. The monoisotopic (exact) mass is 246 g/mol. The van der Waals surface area contributed by atoms with Crippen molar-refractivity contribution in [1.29, 1.82) is 0 Å². The van der Waals surface area contributed by atoms with Crippen molar-refractivity contribution in [3.63, 3.8) is 0 Å². The molecule has 1 aromatic carbocycles. The lowest BCUT2D eigenvalue weighted by Gasteiger charge is -2.05. The summed E-state index contributed by atoms with van der Waals surface area (Å²) < 4.78 is 18.6. The Hall–Kier alpha value is -2.43. The van der Waals surface area contributed by atoms with Gasteiger partial charge in [-0.3, -0.25) is 9.78 Å². The lowest BCUT2D eigenvalue weighted by molar-refractivity contribution is -0.119. The fraction of sp³-hybridized carbons (Fsp3) is 0.0769. The Morgan fingerprint density at radius 3 is 2.67 bits per heavy atom. The number of pyridine rings is 1. The Morgan fingerprint density at radius 2 is 2.06 bits per heavy atom. The van der Waals surface area contributed by atoms with Gasteiger partial charge in [-0.25, -0.2) is 4.39 Å². The van der Waals surface area contributed by atoms with E-state index in [0.29, 0.717) is 17.0 Å². The molecule has 2 N–H and O–H groups in total. The fourth-order valence-electron chi connectivity index (χ4n) is 1.45. The van der Waals surface area contributed by atoms with Crippen LogP contribution in [-0.2, 0) is 4.79 Å². The SMILES string of the molecule is NC(=O)COc1ccc(-c2ccccc2F)nc1. The number of hydrogen-bond donors (Lipinski definition) is 1. The van der Waals surface area contributed by atoms with Crippen LogP contribution >= 0.6 is 0 Å². The van der Waals surface area contributed by atoms with Crippen molar-refractivity contribution < 1.29 is 13.9 Å². The van der Waals surface area contributed by atoms with Crippen molar-refractivity contribution >= 4 is 5.91 Å². The lowest BCUT2D eigenvalue weighted by atomic mass is 10.1. The van der Waals surface area contributed by atoms with Gasteiger partial charge in [-0.15, -0.1) is 0 Å². The van der Waals surface area contributed by atoms with Crippen LogP contribution in [0.25, 0.3) is 11.3 Å². The molecule has 0 aliphatic heterocycles. The van der Waals surface area contributed by atoms with E-state index in [1.807, 2.05) is 0 Å². The number of rotatable bonds is 4. The predicted octanol–water partition coefficient (Wildman–Crippen LogP) is 1.75. The molecular weight excluding hydrogens is 235 g/mol. The summed E-state index contributed by atoms with van der Waals surface area (Å²) in [5, 5.41) is 0. The topological polar surface area (TPSA) is 65.2 Å². The first-order valence-electron chi connectivity index (χ1n) is 5.29. The van der Waals surface area contributed by atoms with Crippen LogP contribution in [-0.4, -0.2) is 17.5 Å². The van der Waals surface area contributed by atoms with Gasteiger partial charge in [0.25, 0.3) is 5.91 Å². The minimum absolute atomic E-state index is 0.208. The van der Waals surface area contributed by atoms with Crippen LogP contribution in [0.1, 0.15) is 0 Å². The van der Waals surface area contributed by atoms with Crippen molar-refractivity contribution in [2.75, 3.05) is 6.61 Å². The summed E-state index contributed by atoms with van der Waals surface area (Å²) in [7, 11) is 0. The van der Waals surface area contributed by atoms with E-state index >= 15 is 0 Å². The predicted molar refractivity (Wildman–Crippen MR) is 64.3 cm³/mol. The Labute approximate surface area is 103 Å². The molecule has 4 nitrogen and oxygen atoms in total. The van der Waals surface area contributed by atoms with Crippen molar-refractivity contribution in [2.24, 2.45) is 5.73 Å². The normalized spacial score (nSPS) is 10.1. The van der Waals surface area contributed by atoms with Gasteiger partial charge in [0.15, 0.2) is 6.61 Å². The molecule has 92 valence electrons. The van der Waals surface area contributed by atoms with Gasteiger partial charge in [-0.2, -0.15) is 0 Å². The summed E-state index contributed by atoms with van der Waals surface area (Å²) in [5.74, 6) is -0.488. The van der Waals surface area contributed by atoms with E-state index in [1.54, 1.807) is 30.3 Å². The largest absolute Gasteiger partial charge is 0.482 e. The number of amides is 1. The van der Waals surface area contributed by atoms with Gasteiger partial charge in [0.1, 0.15) is 11.6 Å². The number of ether oxygens (including phenoxy) is 1. The van der Waals surface area contributed by atoms with E-state index in [1.165, 1.54) is 12.3 Å². The number of hydrogen-bond acceptors (Lipinski definition) is 3. The Kier molecular flexibility index (Phi) is 3.52. The molecule has 0 aliphatic rings. The third-order valence-electron chi connectivity index (χ3n) is 2.27. The first kappa shape index (κ1) is 12.0. The highest BCUT2D eigenvalue weighted by molar-refractivity contribution is 5.75. The zero-order valence-corrected chi connectivity index (χ0v) is 9.47. The second kappa shape index (κ2) is 5.27. The molecule has 0 fully saturated rings. The van der Waals surface area contributed by atoms with Gasteiger partial charge < -0.3 is 10.5 Å². The van der Waals surface area contributed by atoms with Crippen LogP contribution in [0.3, 0.4) is 0 Å². The third kappa shape index (κ3) is 2.82. The zero-order chi connectivity index (χ0) is 13.0. The molecule has 2 aromatic rings. The first-order chi connectivity index (χ1) is 8.66. The standard InChI is InChI=1S/C13H11FN2O2/c14-11-4-2-1-3-10(11)12-6-5-9(7-16-12)18-8-13(15)17/h1-7H,8H2,(H2,15,17). The molecule has 1 aromatic heterocycles. The average molecular weight is 246 g/mol. The van der Waals surface area contributed by atoms with Gasteiger partial charge in [-0.1, -0.05) is 12.1 Å². The van der Waals surface area contributed by atoms with Crippen LogP contribution in [0.15, 0.2) is 42.6 Å².